The second kappa shape index (κ2) is 5.03. The Hall–Kier alpha value is -0.840. The zero-order chi connectivity index (χ0) is 12.5. The number of benzene rings is 1. The van der Waals surface area contributed by atoms with Crippen molar-refractivity contribution in [2.45, 2.75) is 25.4 Å². The standard InChI is InChI=1S/C13H12BrClN2O/c14-9-1-4-11(12(15)5-9)13-8(7-17-18-13)6-16-10-2-3-10/h1,4-5,7,10,16H,2-3,6H2. The van der Waals surface area contributed by atoms with E-state index in [9.17, 15) is 0 Å². The lowest BCUT2D eigenvalue weighted by molar-refractivity contribution is 0.431. The van der Waals surface area contributed by atoms with Crippen LogP contribution in [0.2, 0.25) is 5.02 Å². The van der Waals surface area contributed by atoms with Gasteiger partial charge >= 0.3 is 0 Å². The van der Waals surface area contributed by atoms with Gasteiger partial charge in [0, 0.05) is 28.2 Å². The van der Waals surface area contributed by atoms with Crippen molar-refractivity contribution in [3.63, 3.8) is 0 Å². The number of aromatic nitrogens is 1. The van der Waals surface area contributed by atoms with Gasteiger partial charge in [-0.1, -0.05) is 32.7 Å². The van der Waals surface area contributed by atoms with Crippen LogP contribution in [0.1, 0.15) is 18.4 Å². The third-order valence-corrected chi connectivity index (χ3v) is 3.78. The number of halogens is 2. The maximum atomic E-state index is 6.23. The molecule has 18 heavy (non-hydrogen) atoms. The molecule has 0 spiro atoms. The van der Waals surface area contributed by atoms with Crippen molar-refractivity contribution in [1.82, 2.24) is 10.5 Å². The highest BCUT2D eigenvalue weighted by atomic mass is 79.9. The third-order valence-electron chi connectivity index (χ3n) is 2.98. The molecular weight excluding hydrogens is 316 g/mol. The maximum Gasteiger partial charge on any atom is 0.172 e. The van der Waals surface area contributed by atoms with Crippen LogP contribution < -0.4 is 5.32 Å². The Balaban J connectivity index is 1.88. The van der Waals surface area contributed by atoms with Gasteiger partial charge in [-0.2, -0.15) is 0 Å². The highest BCUT2D eigenvalue weighted by molar-refractivity contribution is 9.10. The minimum absolute atomic E-state index is 0.660. The fraction of sp³-hybridized carbons (Fsp3) is 0.308. The Morgan fingerprint density at radius 3 is 3.00 bits per heavy atom. The molecular formula is C13H12BrClN2O. The van der Waals surface area contributed by atoms with Crippen LogP contribution in [0.5, 0.6) is 0 Å². The van der Waals surface area contributed by atoms with E-state index in [4.69, 9.17) is 16.1 Å². The first kappa shape index (κ1) is 12.2. The van der Waals surface area contributed by atoms with E-state index in [1.54, 1.807) is 6.20 Å². The average molecular weight is 328 g/mol. The van der Waals surface area contributed by atoms with Crippen molar-refractivity contribution < 1.29 is 4.52 Å². The minimum Gasteiger partial charge on any atom is -0.356 e. The molecule has 0 radical (unpaired) electrons. The number of nitrogens with one attached hydrogen (secondary N) is 1. The number of hydrogen-bond donors (Lipinski definition) is 1. The SMILES string of the molecule is Clc1cc(Br)ccc1-c1oncc1CNC1CC1. The first-order valence-electron chi connectivity index (χ1n) is 5.86. The van der Waals surface area contributed by atoms with E-state index in [2.05, 4.69) is 26.4 Å². The van der Waals surface area contributed by atoms with Crippen LogP contribution in [0.25, 0.3) is 11.3 Å². The lowest BCUT2D eigenvalue weighted by atomic mass is 10.1. The lowest BCUT2D eigenvalue weighted by Crippen LogP contribution is -2.15. The van der Waals surface area contributed by atoms with Gasteiger partial charge in [-0.15, -0.1) is 0 Å². The molecule has 0 unspecified atom stereocenters. The molecule has 1 N–H and O–H groups in total. The zero-order valence-electron chi connectivity index (χ0n) is 9.62. The van der Waals surface area contributed by atoms with Gasteiger partial charge in [-0.25, -0.2) is 0 Å². The summed E-state index contributed by atoms with van der Waals surface area (Å²) in [6.45, 7) is 0.774. The molecule has 0 bridgehead atoms. The Bertz CT molecular complexity index is 566. The largest absolute Gasteiger partial charge is 0.356 e. The van der Waals surface area contributed by atoms with Crippen molar-refractivity contribution in [2.24, 2.45) is 0 Å². The van der Waals surface area contributed by atoms with Gasteiger partial charge in [-0.05, 0) is 31.0 Å². The molecule has 0 atom stereocenters. The Labute approximate surface area is 119 Å². The summed E-state index contributed by atoms with van der Waals surface area (Å²) in [4.78, 5) is 0. The smallest absolute Gasteiger partial charge is 0.172 e. The van der Waals surface area contributed by atoms with E-state index < -0.39 is 0 Å². The van der Waals surface area contributed by atoms with Gasteiger partial charge in [0.1, 0.15) is 0 Å². The second-order valence-electron chi connectivity index (χ2n) is 4.46. The Kier molecular flexibility index (Phi) is 3.41. The molecule has 1 aliphatic carbocycles. The molecule has 1 aromatic carbocycles. The van der Waals surface area contributed by atoms with Crippen LogP contribution in [-0.2, 0) is 6.54 Å². The summed E-state index contributed by atoms with van der Waals surface area (Å²) in [5.74, 6) is 0.751. The van der Waals surface area contributed by atoms with Crippen LogP contribution in [0.4, 0.5) is 0 Å². The summed E-state index contributed by atoms with van der Waals surface area (Å²) in [6, 6.07) is 6.40. The minimum atomic E-state index is 0.660. The molecule has 0 saturated heterocycles. The van der Waals surface area contributed by atoms with Gasteiger partial charge in [0.15, 0.2) is 5.76 Å². The van der Waals surface area contributed by atoms with Gasteiger partial charge < -0.3 is 9.84 Å². The number of nitrogens with zero attached hydrogens (tertiary/aromatic N) is 1. The topological polar surface area (TPSA) is 38.1 Å². The molecule has 1 aromatic heterocycles. The molecule has 1 heterocycles. The molecule has 0 aliphatic heterocycles. The molecule has 5 heteroatoms. The van der Waals surface area contributed by atoms with Crippen molar-refractivity contribution in [1.29, 1.82) is 0 Å². The van der Waals surface area contributed by atoms with E-state index in [1.165, 1.54) is 12.8 Å². The van der Waals surface area contributed by atoms with Crippen LogP contribution >= 0.6 is 27.5 Å². The summed E-state index contributed by atoms with van der Waals surface area (Å²) >= 11 is 9.62. The van der Waals surface area contributed by atoms with Crippen molar-refractivity contribution in [3.05, 3.63) is 39.5 Å². The summed E-state index contributed by atoms with van der Waals surface area (Å²) < 4.78 is 6.29. The summed E-state index contributed by atoms with van der Waals surface area (Å²) in [5.41, 5.74) is 1.93. The van der Waals surface area contributed by atoms with Crippen LogP contribution in [0, 0.1) is 0 Å². The molecule has 1 saturated carbocycles. The highest BCUT2D eigenvalue weighted by Crippen LogP contribution is 2.32. The van der Waals surface area contributed by atoms with Crippen LogP contribution in [-0.4, -0.2) is 11.2 Å². The predicted octanol–water partition coefficient (Wildman–Crippen LogP) is 4.01. The van der Waals surface area contributed by atoms with E-state index in [0.717, 1.165) is 27.9 Å². The fourth-order valence-corrected chi connectivity index (χ4v) is 2.58. The molecule has 3 rings (SSSR count). The molecule has 3 nitrogen and oxygen atoms in total. The average Bonchev–Trinajstić information content (AvgIpc) is 3.06. The van der Waals surface area contributed by atoms with E-state index in [1.807, 2.05) is 18.2 Å². The van der Waals surface area contributed by atoms with Gasteiger partial charge in [-0.3, -0.25) is 0 Å². The van der Waals surface area contributed by atoms with Crippen LogP contribution in [0.15, 0.2) is 33.4 Å². The second-order valence-corrected chi connectivity index (χ2v) is 5.78. The van der Waals surface area contributed by atoms with E-state index in [0.29, 0.717) is 11.1 Å². The Morgan fingerprint density at radius 1 is 1.44 bits per heavy atom. The Morgan fingerprint density at radius 2 is 2.28 bits per heavy atom. The zero-order valence-corrected chi connectivity index (χ0v) is 12.0. The number of rotatable bonds is 4. The first-order valence-corrected chi connectivity index (χ1v) is 7.03. The molecule has 1 aliphatic rings. The first-order chi connectivity index (χ1) is 8.74. The van der Waals surface area contributed by atoms with Crippen molar-refractivity contribution in [2.75, 3.05) is 0 Å². The van der Waals surface area contributed by atoms with Gasteiger partial charge in [0.2, 0.25) is 0 Å². The highest BCUT2D eigenvalue weighted by Gasteiger charge is 2.22. The van der Waals surface area contributed by atoms with E-state index >= 15 is 0 Å². The fourth-order valence-electron chi connectivity index (χ4n) is 1.82. The van der Waals surface area contributed by atoms with Gasteiger partial charge in [0.05, 0.1) is 11.2 Å². The van der Waals surface area contributed by atoms with Crippen molar-refractivity contribution >= 4 is 27.5 Å². The quantitative estimate of drug-likeness (QED) is 0.922. The molecule has 2 aromatic rings. The maximum absolute atomic E-state index is 6.23. The predicted molar refractivity (Wildman–Crippen MR) is 74.5 cm³/mol. The van der Waals surface area contributed by atoms with Crippen molar-refractivity contribution in [3.8, 4) is 11.3 Å². The van der Waals surface area contributed by atoms with Gasteiger partial charge in [0.25, 0.3) is 0 Å². The van der Waals surface area contributed by atoms with E-state index in [-0.39, 0.29) is 0 Å². The monoisotopic (exact) mass is 326 g/mol. The molecule has 94 valence electrons. The lowest BCUT2D eigenvalue weighted by Gasteiger charge is -2.05. The molecule has 0 amide bonds. The summed E-state index contributed by atoms with van der Waals surface area (Å²) in [6.07, 6.45) is 4.28. The van der Waals surface area contributed by atoms with Crippen LogP contribution in [0.3, 0.4) is 0 Å². The normalized spacial score (nSPS) is 15.0. The summed E-state index contributed by atoms with van der Waals surface area (Å²) in [5, 5.41) is 7.98. The molecule has 1 fully saturated rings. The summed E-state index contributed by atoms with van der Waals surface area (Å²) in [7, 11) is 0. The third kappa shape index (κ3) is 2.60. The number of hydrogen-bond acceptors (Lipinski definition) is 3.